The van der Waals surface area contributed by atoms with Crippen molar-refractivity contribution in [3.63, 3.8) is 0 Å². The zero-order valence-electron chi connectivity index (χ0n) is 11.7. The first-order valence-electron chi connectivity index (χ1n) is 6.13. The Labute approximate surface area is 108 Å². The summed E-state index contributed by atoms with van der Waals surface area (Å²) >= 11 is 0. The number of para-hydroxylation sites is 1. The fourth-order valence-electron chi connectivity index (χ4n) is 2.02. The van der Waals surface area contributed by atoms with Crippen LogP contribution >= 0.6 is 0 Å². The lowest BCUT2D eigenvalue weighted by atomic mass is 10.1. The van der Waals surface area contributed by atoms with Crippen LogP contribution in [0.4, 0.5) is 5.69 Å². The van der Waals surface area contributed by atoms with Gasteiger partial charge in [0.1, 0.15) is 11.3 Å². The van der Waals surface area contributed by atoms with Crippen molar-refractivity contribution in [1.82, 2.24) is 4.98 Å². The number of hydrogen-bond acceptors (Lipinski definition) is 3. The SMILES string of the molecule is COc1cccc2c(NC(C)(C)C)cc(C)nc12. The molecular weight excluding hydrogens is 224 g/mol. The number of nitrogens with zero attached hydrogens (tertiary/aromatic N) is 1. The summed E-state index contributed by atoms with van der Waals surface area (Å²) in [4.78, 5) is 4.57. The lowest BCUT2D eigenvalue weighted by Crippen LogP contribution is -2.26. The number of methoxy groups -OCH3 is 1. The molecule has 0 bridgehead atoms. The lowest BCUT2D eigenvalue weighted by Gasteiger charge is -2.23. The summed E-state index contributed by atoms with van der Waals surface area (Å²) in [5.74, 6) is 0.813. The second-order valence-electron chi connectivity index (χ2n) is 5.54. The van der Waals surface area contributed by atoms with E-state index >= 15 is 0 Å². The smallest absolute Gasteiger partial charge is 0.145 e. The van der Waals surface area contributed by atoms with Crippen molar-refractivity contribution in [3.8, 4) is 5.75 Å². The molecule has 0 saturated heterocycles. The van der Waals surface area contributed by atoms with Crippen molar-refractivity contribution < 1.29 is 4.74 Å². The van der Waals surface area contributed by atoms with Crippen LogP contribution in [0.25, 0.3) is 10.9 Å². The number of aromatic nitrogens is 1. The van der Waals surface area contributed by atoms with Gasteiger partial charge >= 0.3 is 0 Å². The van der Waals surface area contributed by atoms with E-state index in [1.807, 2.05) is 19.1 Å². The van der Waals surface area contributed by atoms with E-state index in [0.29, 0.717) is 0 Å². The van der Waals surface area contributed by atoms with Crippen molar-refractivity contribution in [2.75, 3.05) is 12.4 Å². The van der Waals surface area contributed by atoms with Crippen LogP contribution in [0.1, 0.15) is 26.5 Å². The number of pyridine rings is 1. The molecule has 0 fully saturated rings. The van der Waals surface area contributed by atoms with E-state index in [4.69, 9.17) is 4.74 Å². The molecule has 3 nitrogen and oxygen atoms in total. The van der Waals surface area contributed by atoms with Crippen LogP contribution in [-0.4, -0.2) is 17.6 Å². The van der Waals surface area contributed by atoms with Gasteiger partial charge in [0.25, 0.3) is 0 Å². The van der Waals surface area contributed by atoms with Gasteiger partial charge in [-0.15, -0.1) is 0 Å². The zero-order chi connectivity index (χ0) is 13.3. The van der Waals surface area contributed by atoms with E-state index in [9.17, 15) is 0 Å². The highest BCUT2D eigenvalue weighted by atomic mass is 16.5. The molecule has 3 heteroatoms. The highest BCUT2D eigenvalue weighted by Crippen LogP contribution is 2.31. The minimum absolute atomic E-state index is 0.0177. The summed E-state index contributed by atoms with van der Waals surface area (Å²) in [6.45, 7) is 8.44. The maximum absolute atomic E-state index is 5.38. The van der Waals surface area contributed by atoms with Crippen molar-refractivity contribution >= 4 is 16.6 Å². The molecule has 0 atom stereocenters. The number of hydrogen-bond donors (Lipinski definition) is 1. The summed E-state index contributed by atoms with van der Waals surface area (Å²) in [6, 6.07) is 8.08. The molecule has 0 aliphatic heterocycles. The topological polar surface area (TPSA) is 34.1 Å². The molecule has 1 aromatic carbocycles. The third-order valence-electron chi connectivity index (χ3n) is 2.66. The number of anilines is 1. The third kappa shape index (κ3) is 2.55. The first kappa shape index (κ1) is 12.7. The highest BCUT2D eigenvalue weighted by molar-refractivity contribution is 5.95. The summed E-state index contributed by atoms with van der Waals surface area (Å²) in [5, 5.41) is 4.61. The van der Waals surface area contributed by atoms with E-state index < -0.39 is 0 Å². The number of aryl methyl sites for hydroxylation is 1. The summed E-state index contributed by atoms with van der Waals surface area (Å²) < 4.78 is 5.38. The molecule has 18 heavy (non-hydrogen) atoms. The van der Waals surface area contributed by atoms with Gasteiger partial charge in [0.05, 0.1) is 7.11 Å². The average Bonchev–Trinajstić information content (AvgIpc) is 2.26. The molecule has 0 spiro atoms. The fourth-order valence-corrected chi connectivity index (χ4v) is 2.02. The molecule has 0 radical (unpaired) electrons. The molecule has 2 rings (SSSR count). The van der Waals surface area contributed by atoms with Crippen LogP contribution in [0.3, 0.4) is 0 Å². The number of benzene rings is 1. The van der Waals surface area contributed by atoms with Crippen LogP contribution in [0.5, 0.6) is 5.75 Å². The largest absolute Gasteiger partial charge is 0.494 e. The Balaban J connectivity index is 2.66. The second-order valence-corrected chi connectivity index (χ2v) is 5.54. The normalized spacial score (nSPS) is 11.6. The quantitative estimate of drug-likeness (QED) is 0.873. The maximum atomic E-state index is 5.38. The van der Waals surface area contributed by atoms with Crippen molar-refractivity contribution in [3.05, 3.63) is 30.0 Å². The molecule has 0 unspecified atom stereocenters. The number of nitrogens with one attached hydrogen (secondary N) is 1. The Morgan fingerprint density at radius 1 is 1.22 bits per heavy atom. The fraction of sp³-hybridized carbons (Fsp3) is 0.400. The Kier molecular flexibility index (Phi) is 3.16. The molecule has 0 aliphatic carbocycles. The minimum atomic E-state index is 0.0177. The van der Waals surface area contributed by atoms with Gasteiger partial charge in [0, 0.05) is 22.3 Å². The predicted molar refractivity (Wildman–Crippen MR) is 76.4 cm³/mol. The summed E-state index contributed by atoms with van der Waals surface area (Å²) in [5.41, 5.74) is 3.01. The second kappa shape index (κ2) is 4.48. The summed E-state index contributed by atoms with van der Waals surface area (Å²) in [6.07, 6.45) is 0. The molecule has 0 aliphatic rings. The van der Waals surface area contributed by atoms with E-state index in [1.165, 1.54) is 0 Å². The number of ether oxygens (including phenoxy) is 1. The zero-order valence-corrected chi connectivity index (χ0v) is 11.7. The molecular formula is C15H20N2O. The Hall–Kier alpha value is -1.77. The Bertz CT molecular complexity index is 570. The summed E-state index contributed by atoms with van der Waals surface area (Å²) in [7, 11) is 1.68. The van der Waals surface area contributed by atoms with Gasteiger partial charge in [-0.2, -0.15) is 0 Å². The van der Waals surface area contributed by atoms with Gasteiger partial charge in [-0.25, -0.2) is 4.98 Å². The Morgan fingerprint density at radius 3 is 2.56 bits per heavy atom. The predicted octanol–water partition coefficient (Wildman–Crippen LogP) is 3.76. The maximum Gasteiger partial charge on any atom is 0.145 e. The lowest BCUT2D eigenvalue weighted by molar-refractivity contribution is 0.419. The molecule has 1 heterocycles. The molecule has 2 aromatic rings. The van der Waals surface area contributed by atoms with Gasteiger partial charge in [-0.1, -0.05) is 12.1 Å². The number of rotatable bonds is 2. The van der Waals surface area contributed by atoms with E-state index in [1.54, 1.807) is 7.11 Å². The van der Waals surface area contributed by atoms with Crippen molar-refractivity contribution in [2.45, 2.75) is 33.2 Å². The molecule has 96 valence electrons. The molecule has 0 amide bonds. The standard InChI is InChI=1S/C15H20N2O/c1-10-9-12(17-15(2,3)4)11-7-6-8-13(18-5)14(11)16-10/h6-9H,1-5H3,(H,16,17). The van der Waals surface area contributed by atoms with Gasteiger partial charge in [-0.05, 0) is 39.8 Å². The highest BCUT2D eigenvalue weighted by Gasteiger charge is 2.14. The molecule has 0 saturated carbocycles. The molecule has 1 aromatic heterocycles. The van der Waals surface area contributed by atoms with E-state index in [-0.39, 0.29) is 5.54 Å². The third-order valence-corrected chi connectivity index (χ3v) is 2.66. The van der Waals surface area contributed by atoms with Gasteiger partial charge in [0.2, 0.25) is 0 Å². The van der Waals surface area contributed by atoms with Crippen LogP contribution in [0.15, 0.2) is 24.3 Å². The van der Waals surface area contributed by atoms with Crippen LogP contribution in [0, 0.1) is 6.92 Å². The molecule has 1 N–H and O–H groups in total. The number of fused-ring (bicyclic) bond motifs is 1. The van der Waals surface area contributed by atoms with Crippen molar-refractivity contribution in [2.24, 2.45) is 0 Å². The van der Waals surface area contributed by atoms with Crippen LogP contribution < -0.4 is 10.1 Å². The van der Waals surface area contributed by atoms with Crippen LogP contribution in [-0.2, 0) is 0 Å². The van der Waals surface area contributed by atoms with Gasteiger partial charge < -0.3 is 10.1 Å². The monoisotopic (exact) mass is 244 g/mol. The van der Waals surface area contributed by atoms with Crippen LogP contribution in [0.2, 0.25) is 0 Å². The minimum Gasteiger partial charge on any atom is -0.494 e. The Morgan fingerprint density at radius 2 is 1.94 bits per heavy atom. The van der Waals surface area contributed by atoms with E-state index in [2.05, 4.69) is 43.2 Å². The van der Waals surface area contributed by atoms with Gasteiger partial charge in [-0.3, -0.25) is 0 Å². The average molecular weight is 244 g/mol. The van der Waals surface area contributed by atoms with E-state index in [0.717, 1.165) is 28.0 Å². The first-order valence-corrected chi connectivity index (χ1v) is 6.13. The first-order chi connectivity index (χ1) is 8.40. The van der Waals surface area contributed by atoms with Crippen molar-refractivity contribution in [1.29, 1.82) is 0 Å². The van der Waals surface area contributed by atoms with Gasteiger partial charge in [0.15, 0.2) is 0 Å².